The zero-order valence-corrected chi connectivity index (χ0v) is 12.5. The van der Waals surface area contributed by atoms with Crippen LogP contribution in [-0.2, 0) is 0 Å². The average Bonchev–Trinajstić information content (AvgIpc) is 2.46. The van der Waals surface area contributed by atoms with Gasteiger partial charge in [-0.15, -0.1) is 0 Å². The van der Waals surface area contributed by atoms with Crippen LogP contribution in [0.15, 0.2) is 30.3 Å². The minimum Gasteiger partial charge on any atom is -0.484 e. The molecule has 0 radical (unpaired) electrons. The molecule has 0 amide bonds. The summed E-state index contributed by atoms with van der Waals surface area (Å²) >= 11 is 12.4. The quantitative estimate of drug-likeness (QED) is 0.878. The smallest absolute Gasteiger partial charge is 0.151 e. The number of nitrogens with two attached hydrogens (primary N) is 1. The van der Waals surface area contributed by atoms with Crippen molar-refractivity contribution in [3.63, 3.8) is 0 Å². The van der Waals surface area contributed by atoms with Crippen LogP contribution in [0, 0.1) is 5.82 Å². The van der Waals surface area contributed by atoms with Gasteiger partial charge in [0.2, 0.25) is 0 Å². The molecule has 3 N–H and O–H groups in total. The molecule has 0 unspecified atom stereocenters. The van der Waals surface area contributed by atoms with Crippen molar-refractivity contribution in [2.24, 2.45) is 5.73 Å². The largest absolute Gasteiger partial charge is 0.484 e. The van der Waals surface area contributed by atoms with Crippen molar-refractivity contribution >= 4 is 28.9 Å². The molecule has 0 spiro atoms. The van der Waals surface area contributed by atoms with Gasteiger partial charge in [0.15, 0.2) is 5.75 Å². The number of ether oxygens (including phenoxy) is 1. The number of fused-ring (bicyclic) bond motifs is 1. The summed E-state index contributed by atoms with van der Waals surface area (Å²) in [5, 5.41) is 4.00. The summed E-state index contributed by atoms with van der Waals surface area (Å²) in [6, 6.07) is 7.90. The summed E-state index contributed by atoms with van der Waals surface area (Å²) in [5.41, 5.74) is 7.29. The van der Waals surface area contributed by atoms with Gasteiger partial charge in [0, 0.05) is 23.7 Å². The summed E-state index contributed by atoms with van der Waals surface area (Å²) in [4.78, 5) is 0. The fraction of sp³-hybridized carbons (Fsp3) is 0.200. The Balaban J connectivity index is 2.21. The fourth-order valence-corrected chi connectivity index (χ4v) is 2.96. The molecular formula is C15H13Cl2FN2O. The Morgan fingerprint density at radius 1 is 1.29 bits per heavy atom. The molecule has 21 heavy (non-hydrogen) atoms. The molecule has 0 fully saturated rings. The third kappa shape index (κ3) is 2.67. The fourth-order valence-electron chi connectivity index (χ4n) is 2.36. The topological polar surface area (TPSA) is 47.3 Å². The Labute approximate surface area is 131 Å². The van der Waals surface area contributed by atoms with Gasteiger partial charge in [-0.3, -0.25) is 0 Å². The maximum atomic E-state index is 13.9. The molecule has 2 aromatic carbocycles. The minimum atomic E-state index is -0.387. The highest BCUT2D eigenvalue weighted by Crippen LogP contribution is 2.45. The first-order chi connectivity index (χ1) is 10.1. The predicted octanol–water partition coefficient (Wildman–Crippen LogP) is 3.93. The molecule has 1 aliphatic heterocycles. The second-order valence-electron chi connectivity index (χ2n) is 4.78. The highest BCUT2D eigenvalue weighted by atomic mass is 35.5. The first-order valence-electron chi connectivity index (χ1n) is 6.48. The molecule has 1 atom stereocenters. The van der Waals surface area contributed by atoms with E-state index in [-0.39, 0.29) is 11.9 Å². The standard InChI is InChI=1S/C15H13Cl2FN2O/c16-11-2-1-3-12(17)14(11)10-4-8(18)5-13-15(10)21-9(6-19)7-20-13/h1-5,9,20H,6-7,19H2/t9-/m1/s1. The maximum Gasteiger partial charge on any atom is 0.151 e. The third-order valence-electron chi connectivity index (χ3n) is 3.35. The lowest BCUT2D eigenvalue weighted by Gasteiger charge is -2.28. The van der Waals surface area contributed by atoms with Gasteiger partial charge in [0.25, 0.3) is 0 Å². The van der Waals surface area contributed by atoms with E-state index in [1.807, 2.05) is 0 Å². The van der Waals surface area contributed by atoms with Crippen LogP contribution >= 0.6 is 23.2 Å². The Morgan fingerprint density at radius 2 is 2.00 bits per heavy atom. The van der Waals surface area contributed by atoms with Gasteiger partial charge in [-0.2, -0.15) is 0 Å². The van der Waals surface area contributed by atoms with Crippen molar-refractivity contribution in [3.05, 3.63) is 46.2 Å². The van der Waals surface area contributed by atoms with E-state index < -0.39 is 0 Å². The van der Waals surface area contributed by atoms with E-state index >= 15 is 0 Å². The number of benzene rings is 2. The minimum absolute atomic E-state index is 0.178. The molecule has 0 saturated heterocycles. The predicted molar refractivity (Wildman–Crippen MR) is 83.8 cm³/mol. The second-order valence-corrected chi connectivity index (χ2v) is 5.60. The van der Waals surface area contributed by atoms with Crippen LogP contribution in [0.2, 0.25) is 10.0 Å². The van der Waals surface area contributed by atoms with Gasteiger partial charge in [0.1, 0.15) is 11.9 Å². The molecule has 3 nitrogen and oxygen atoms in total. The van der Waals surface area contributed by atoms with E-state index in [9.17, 15) is 4.39 Å². The SMILES string of the molecule is NC[C@@H]1CNc2cc(F)cc(-c3c(Cl)cccc3Cl)c2O1. The maximum absolute atomic E-state index is 13.9. The molecule has 110 valence electrons. The van der Waals surface area contributed by atoms with Gasteiger partial charge in [-0.25, -0.2) is 4.39 Å². The second kappa shape index (κ2) is 5.72. The van der Waals surface area contributed by atoms with Gasteiger partial charge in [-0.1, -0.05) is 29.3 Å². The van der Waals surface area contributed by atoms with Crippen LogP contribution in [0.1, 0.15) is 0 Å². The highest BCUT2D eigenvalue weighted by Gasteiger charge is 2.24. The van der Waals surface area contributed by atoms with E-state index in [0.29, 0.717) is 45.7 Å². The van der Waals surface area contributed by atoms with E-state index in [1.54, 1.807) is 18.2 Å². The van der Waals surface area contributed by atoms with E-state index in [4.69, 9.17) is 33.7 Å². The van der Waals surface area contributed by atoms with Crippen LogP contribution in [0.5, 0.6) is 5.75 Å². The van der Waals surface area contributed by atoms with Crippen LogP contribution in [0.3, 0.4) is 0 Å². The summed E-state index contributed by atoms with van der Waals surface area (Å²) in [5.74, 6) is 0.134. The number of rotatable bonds is 2. The van der Waals surface area contributed by atoms with E-state index in [0.717, 1.165) is 0 Å². The monoisotopic (exact) mass is 326 g/mol. The number of hydrogen-bond acceptors (Lipinski definition) is 3. The third-order valence-corrected chi connectivity index (χ3v) is 3.98. The van der Waals surface area contributed by atoms with Gasteiger partial charge < -0.3 is 15.8 Å². The molecule has 2 aromatic rings. The van der Waals surface area contributed by atoms with Crippen molar-refractivity contribution in [2.45, 2.75) is 6.10 Å². The summed E-state index contributed by atoms with van der Waals surface area (Å²) in [7, 11) is 0. The van der Waals surface area contributed by atoms with Gasteiger partial charge in [0.05, 0.1) is 22.3 Å². The van der Waals surface area contributed by atoms with E-state index in [2.05, 4.69) is 5.32 Å². The van der Waals surface area contributed by atoms with Gasteiger partial charge in [-0.05, 0) is 18.2 Å². The molecule has 1 heterocycles. The lowest BCUT2D eigenvalue weighted by atomic mass is 10.0. The van der Waals surface area contributed by atoms with Crippen LogP contribution in [0.4, 0.5) is 10.1 Å². The molecule has 1 aliphatic rings. The van der Waals surface area contributed by atoms with Crippen molar-refractivity contribution in [1.29, 1.82) is 0 Å². The Bertz CT molecular complexity index is 673. The Kier molecular flexibility index (Phi) is 3.93. The molecular weight excluding hydrogens is 314 g/mol. The number of hydrogen-bond donors (Lipinski definition) is 2. The number of nitrogens with one attached hydrogen (secondary N) is 1. The van der Waals surface area contributed by atoms with Crippen molar-refractivity contribution in [1.82, 2.24) is 0 Å². The average molecular weight is 327 g/mol. The Hall–Kier alpha value is -1.49. The van der Waals surface area contributed by atoms with Crippen LogP contribution in [-0.4, -0.2) is 19.2 Å². The lowest BCUT2D eigenvalue weighted by molar-refractivity contribution is 0.215. The Morgan fingerprint density at radius 3 is 2.67 bits per heavy atom. The molecule has 0 aliphatic carbocycles. The van der Waals surface area contributed by atoms with Gasteiger partial charge >= 0.3 is 0 Å². The van der Waals surface area contributed by atoms with Crippen molar-refractivity contribution < 1.29 is 9.13 Å². The van der Waals surface area contributed by atoms with Crippen LogP contribution in [0.25, 0.3) is 11.1 Å². The zero-order valence-electron chi connectivity index (χ0n) is 11.0. The molecule has 0 saturated carbocycles. The number of anilines is 1. The molecule has 3 rings (SSSR count). The van der Waals surface area contributed by atoms with Crippen molar-refractivity contribution in [3.8, 4) is 16.9 Å². The van der Waals surface area contributed by atoms with Crippen LogP contribution < -0.4 is 15.8 Å². The summed E-state index contributed by atoms with van der Waals surface area (Å²) in [6.07, 6.45) is -0.178. The highest BCUT2D eigenvalue weighted by molar-refractivity contribution is 6.39. The lowest BCUT2D eigenvalue weighted by Crippen LogP contribution is -2.37. The van der Waals surface area contributed by atoms with Crippen molar-refractivity contribution in [2.75, 3.05) is 18.4 Å². The normalized spacial score (nSPS) is 16.9. The van der Waals surface area contributed by atoms with E-state index in [1.165, 1.54) is 12.1 Å². The first-order valence-corrected chi connectivity index (χ1v) is 7.24. The first kappa shape index (κ1) is 14.4. The number of halogens is 3. The molecule has 6 heteroatoms. The summed E-state index contributed by atoms with van der Waals surface area (Å²) in [6.45, 7) is 0.891. The molecule has 0 bridgehead atoms. The summed E-state index contributed by atoms with van der Waals surface area (Å²) < 4.78 is 19.7. The molecule has 0 aromatic heterocycles. The zero-order chi connectivity index (χ0) is 15.0.